The lowest BCUT2D eigenvalue weighted by Crippen LogP contribution is -2.23. The second-order valence-electron chi connectivity index (χ2n) is 8.57. The molecule has 4 rings (SSSR count). The van der Waals surface area contributed by atoms with Crippen LogP contribution >= 0.6 is 11.6 Å². The summed E-state index contributed by atoms with van der Waals surface area (Å²) < 4.78 is 11.7. The third kappa shape index (κ3) is 6.98. The predicted molar refractivity (Wildman–Crippen MR) is 148 cm³/mol. The molecule has 8 nitrogen and oxygen atoms in total. The van der Waals surface area contributed by atoms with Crippen LogP contribution in [-0.4, -0.2) is 59.7 Å². The van der Waals surface area contributed by atoms with Gasteiger partial charge >= 0.3 is 0 Å². The first-order valence-electron chi connectivity index (χ1n) is 12.3. The van der Waals surface area contributed by atoms with Gasteiger partial charge in [-0.1, -0.05) is 37.4 Å². The Bertz CT molecular complexity index is 1330. The normalized spacial score (nSPS) is 15.3. The van der Waals surface area contributed by atoms with Crippen LogP contribution in [0, 0.1) is 12.3 Å². The quantitative estimate of drug-likeness (QED) is 0.287. The molecule has 0 unspecified atom stereocenters. The number of carbonyl (C=O) groups is 1. The van der Waals surface area contributed by atoms with Gasteiger partial charge in [0.15, 0.2) is 0 Å². The number of rotatable bonds is 10. The molecule has 2 N–H and O–H groups in total. The van der Waals surface area contributed by atoms with Crippen molar-refractivity contribution in [3.05, 3.63) is 59.4 Å². The Morgan fingerprint density at radius 1 is 1.27 bits per heavy atom. The van der Waals surface area contributed by atoms with E-state index in [9.17, 15) is 4.79 Å². The lowest BCUT2D eigenvalue weighted by Gasteiger charge is -2.18. The number of hydrogen-bond donors (Lipinski definition) is 2. The molecule has 1 aromatic heterocycles. The number of amides is 1. The van der Waals surface area contributed by atoms with Crippen LogP contribution in [0.3, 0.4) is 0 Å². The molecule has 1 fully saturated rings. The van der Waals surface area contributed by atoms with E-state index in [-0.39, 0.29) is 12.0 Å². The zero-order chi connectivity index (χ0) is 26.2. The van der Waals surface area contributed by atoms with E-state index in [1.807, 2.05) is 12.1 Å². The van der Waals surface area contributed by atoms with E-state index in [1.165, 1.54) is 6.33 Å². The van der Waals surface area contributed by atoms with Gasteiger partial charge in [0.2, 0.25) is 5.91 Å². The SMILES string of the molecule is C#Cc1cc(Cl)cc(Nc2ncnc3cc(O[C@H]4CCOC4)c(NC(=O)/C=C/CN(CC)CC)cc23)c1. The number of fused-ring (bicyclic) bond motifs is 1. The van der Waals surface area contributed by atoms with Crippen molar-refractivity contribution in [3.8, 4) is 18.1 Å². The summed E-state index contributed by atoms with van der Waals surface area (Å²) in [4.78, 5) is 23.9. The minimum absolute atomic E-state index is 0.0978. The van der Waals surface area contributed by atoms with Crippen LogP contribution < -0.4 is 15.4 Å². The summed E-state index contributed by atoms with van der Waals surface area (Å²) in [6.07, 6.45) is 11.1. The third-order valence-corrected chi connectivity index (χ3v) is 6.25. The number of hydrogen-bond acceptors (Lipinski definition) is 7. The van der Waals surface area contributed by atoms with Crippen molar-refractivity contribution < 1.29 is 14.3 Å². The van der Waals surface area contributed by atoms with E-state index < -0.39 is 0 Å². The molecule has 2 aromatic carbocycles. The fourth-order valence-corrected chi connectivity index (χ4v) is 4.25. The Labute approximate surface area is 222 Å². The summed E-state index contributed by atoms with van der Waals surface area (Å²) in [6, 6.07) is 8.90. The number of benzene rings is 2. The van der Waals surface area contributed by atoms with E-state index in [1.54, 1.807) is 30.3 Å². The summed E-state index contributed by atoms with van der Waals surface area (Å²) in [6.45, 7) is 7.85. The van der Waals surface area contributed by atoms with Crippen LogP contribution in [0.2, 0.25) is 5.02 Å². The van der Waals surface area contributed by atoms with Crippen molar-refractivity contribution in [2.24, 2.45) is 0 Å². The maximum absolute atomic E-state index is 12.8. The van der Waals surface area contributed by atoms with Crippen LogP contribution in [0.1, 0.15) is 25.8 Å². The molecule has 1 amide bonds. The highest BCUT2D eigenvalue weighted by atomic mass is 35.5. The highest BCUT2D eigenvalue weighted by Crippen LogP contribution is 2.35. The van der Waals surface area contributed by atoms with Gasteiger partial charge in [-0.2, -0.15) is 0 Å². The van der Waals surface area contributed by atoms with E-state index in [0.29, 0.717) is 64.2 Å². The zero-order valence-electron chi connectivity index (χ0n) is 21.0. The molecule has 0 bridgehead atoms. The predicted octanol–water partition coefficient (Wildman–Crippen LogP) is 5.01. The van der Waals surface area contributed by atoms with Crippen molar-refractivity contribution in [3.63, 3.8) is 0 Å². The van der Waals surface area contributed by atoms with Crippen molar-refractivity contribution in [2.75, 3.05) is 43.5 Å². The van der Waals surface area contributed by atoms with E-state index in [0.717, 1.165) is 19.5 Å². The Morgan fingerprint density at radius 2 is 2.11 bits per heavy atom. The van der Waals surface area contributed by atoms with Gasteiger partial charge < -0.3 is 25.0 Å². The molecule has 1 saturated heterocycles. The first-order valence-corrected chi connectivity index (χ1v) is 12.6. The molecular weight excluding hydrogens is 490 g/mol. The second kappa shape index (κ2) is 12.5. The standard InChI is InChI=1S/C28H30ClN5O3/c1-4-19-12-20(29)14-21(13-19)32-28-23-15-25(33-27(35)8-7-10-34(5-2)6-3)26(16-24(23)30-18-31-28)37-22-9-11-36-17-22/h1,7-8,12-16,18,22H,5-6,9-11,17H2,2-3H3,(H,33,35)(H,30,31,32)/b8-7+/t22-/m0/s1. The number of terminal acetylenes is 1. The molecule has 0 spiro atoms. The topological polar surface area (TPSA) is 88.6 Å². The van der Waals surface area contributed by atoms with Gasteiger partial charge in [-0.05, 0) is 37.4 Å². The molecule has 0 saturated carbocycles. The monoisotopic (exact) mass is 519 g/mol. The zero-order valence-corrected chi connectivity index (χ0v) is 21.7. The number of aromatic nitrogens is 2. The van der Waals surface area contributed by atoms with Crippen molar-refractivity contribution in [1.82, 2.24) is 14.9 Å². The summed E-state index contributed by atoms with van der Waals surface area (Å²) >= 11 is 6.23. The maximum atomic E-state index is 12.8. The first-order chi connectivity index (χ1) is 18.0. The smallest absolute Gasteiger partial charge is 0.248 e. The summed E-state index contributed by atoms with van der Waals surface area (Å²) in [5.41, 5.74) is 2.51. The molecule has 9 heteroatoms. The van der Waals surface area contributed by atoms with E-state index >= 15 is 0 Å². The van der Waals surface area contributed by atoms with Gasteiger partial charge in [0, 0.05) is 46.8 Å². The maximum Gasteiger partial charge on any atom is 0.248 e. The molecular formula is C28H30ClN5O3. The minimum atomic E-state index is -0.251. The Morgan fingerprint density at radius 3 is 2.84 bits per heavy atom. The van der Waals surface area contributed by atoms with Gasteiger partial charge in [-0.3, -0.25) is 4.79 Å². The fraction of sp³-hybridized carbons (Fsp3) is 0.321. The van der Waals surface area contributed by atoms with Crippen molar-refractivity contribution >= 4 is 45.6 Å². The van der Waals surface area contributed by atoms with Gasteiger partial charge in [0.1, 0.15) is 24.0 Å². The Kier molecular flexibility index (Phi) is 8.96. The number of halogens is 1. The van der Waals surface area contributed by atoms with Crippen LogP contribution in [0.4, 0.5) is 17.2 Å². The summed E-state index contributed by atoms with van der Waals surface area (Å²) in [7, 11) is 0. The Hall–Kier alpha value is -3.64. The highest BCUT2D eigenvalue weighted by molar-refractivity contribution is 6.31. The minimum Gasteiger partial charge on any atom is -0.486 e. The number of ether oxygens (including phenoxy) is 2. The molecule has 1 aliphatic rings. The average Bonchev–Trinajstić information content (AvgIpc) is 3.40. The van der Waals surface area contributed by atoms with Gasteiger partial charge in [0.05, 0.1) is 24.4 Å². The molecule has 0 radical (unpaired) electrons. The third-order valence-electron chi connectivity index (χ3n) is 6.03. The van der Waals surface area contributed by atoms with Crippen molar-refractivity contribution in [2.45, 2.75) is 26.4 Å². The molecule has 2 heterocycles. The van der Waals surface area contributed by atoms with Crippen LogP contribution in [-0.2, 0) is 9.53 Å². The largest absolute Gasteiger partial charge is 0.486 e. The summed E-state index contributed by atoms with van der Waals surface area (Å²) in [5.74, 6) is 3.41. The number of nitrogens with one attached hydrogen (secondary N) is 2. The van der Waals surface area contributed by atoms with E-state index in [2.05, 4.69) is 45.3 Å². The van der Waals surface area contributed by atoms with Gasteiger partial charge in [-0.25, -0.2) is 9.97 Å². The summed E-state index contributed by atoms with van der Waals surface area (Å²) in [5, 5.41) is 7.44. The molecule has 1 aliphatic heterocycles. The Balaban J connectivity index is 1.66. The second-order valence-corrected chi connectivity index (χ2v) is 9.00. The van der Waals surface area contributed by atoms with Gasteiger partial charge in [-0.15, -0.1) is 6.42 Å². The van der Waals surface area contributed by atoms with Crippen LogP contribution in [0.5, 0.6) is 5.75 Å². The fourth-order valence-electron chi connectivity index (χ4n) is 4.01. The average molecular weight is 520 g/mol. The van der Waals surface area contributed by atoms with Crippen LogP contribution in [0.25, 0.3) is 10.9 Å². The first kappa shape index (κ1) is 26.4. The molecule has 192 valence electrons. The molecule has 1 atom stereocenters. The highest BCUT2D eigenvalue weighted by Gasteiger charge is 2.21. The number of nitrogens with zero attached hydrogens (tertiary/aromatic N) is 3. The number of carbonyl (C=O) groups excluding carboxylic acids is 1. The molecule has 3 aromatic rings. The lowest BCUT2D eigenvalue weighted by atomic mass is 10.1. The van der Waals surface area contributed by atoms with Crippen LogP contribution in [0.15, 0.2) is 48.8 Å². The van der Waals surface area contributed by atoms with Gasteiger partial charge in [0.25, 0.3) is 0 Å². The van der Waals surface area contributed by atoms with Crippen molar-refractivity contribution in [1.29, 1.82) is 0 Å². The number of likely N-dealkylation sites (N-methyl/N-ethyl adjacent to an activating group) is 1. The molecule has 0 aliphatic carbocycles. The van der Waals surface area contributed by atoms with E-state index in [4.69, 9.17) is 27.5 Å². The lowest BCUT2D eigenvalue weighted by molar-refractivity contribution is -0.111. The molecule has 37 heavy (non-hydrogen) atoms. The number of anilines is 3.